The van der Waals surface area contributed by atoms with Crippen LogP contribution in [0.2, 0.25) is 0 Å². The number of thiophene rings is 2. The summed E-state index contributed by atoms with van der Waals surface area (Å²) in [6.45, 7) is 1.35. The molecule has 0 fully saturated rings. The number of rotatable bonds is 5. The molecule has 2 atom stereocenters. The van der Waals surface area contributed by atoms with Crippen molar-refractivity contribution >= 4 is 28.6 Å². The third-order valence-electron chi connectivity index (χ3n) is 3.60. The van der Waals surface area contributed by atoms with Gasteiger partial charge in [-0.25, -0.2) is 0 Å². The van der Waals surface area contributed by atoms with Gasteiger partial charge in [0.1, 0.15) is 0 Å². The van der Waals surface area contributed by atoms with Crippen LogP contribution in [-0.4, -0.2) is 16.8 Å². The van der Waals surface area contributed by atoms with E-state index in [0.29, 0.717) is 13.1 Å². The van der Waals surface area contributed by atoms with Gasteiger partial charge in [0.05, 0.1) is 19.0 Å². The predicted molar refractivity (Wildman–Crippen MR) is 88.1 cm³/mol. The first-order chi connectivity index (χ1) is 10.2. The van der Waals surface area contributed by atoms with Crippen LogP contribution < -0.4 is 5.73 Å². The lowest BCUT2D eigenvalue weighted by Gasteiger charge is -2.24. The fourth-order valence-corrected chi connectivity index (χ4v) is 3.98. The Labute approximate surface area is 132 Å². The van der Waals surface area contributed by atoms with Gasteiger partial charge in [0.2, 0.25) is 5.91 Å². The van der Waals surface area contributed by atoms with Gasteiger partial charge >= 0.3 is 0 Å². The summed E-state index contributed by atoms with van der Waals surface area (Å²) < 4.78 is 0. The summed E-state index contributed by atoms with van der Waals surface area (Å²) in [5.41, 5.74) is 5.88. The van der Waals surface area contributed by atoms with Gasteiger partial charge in [-0.1, -0.05) is 24.3 Å². The maximum Gasteiger partial charge on any atom is 0.230 e. The van der Waals surface area contributed by atoms with Crippen LogP contribution in [0.5, 0.6) is 0 Å². The second-order valence-corrected chi connectivity index (χ2v) is 7.31. The molecular formula is C16H18N2OS2. The molecule has 0 saturated carbocycles. The molecule has 3 rings (SSSR count). The largest absolute Gasteiger partial charge is 0.332 e. The smallest absolute Gasteiger partial charge is 0.230 e. The number of hydrogen-bond acceptors (Lipinski definition) is 4. The molecule has 1 aliphatic carbocycles. The van der Waals surface area contributed by atoms with Gasteiger partial charge in [0.25, 0.3) is 0 Å². The van der Waals surface area contributed by atoms with Crippen molar-refractivity contribution < 1.29 is 4.79 Å². The number of carbonyl (C=O) groups is 1. The van der Waals surface area contributed by atoms with Crippen LogP contribution in [0.1, 0.15) is 16.2 Å². The molecule has 3 nitrogen and oxygen atoms in total. The number of amides is 1. The fraction of sp³-hybridized carbons (Fsp3) is 0.312. The highest BCUT2D eigenvalue weighted by atomic mass is 32.1. The van der Waals surface area contributed by atoms with Gasteiger partial charge in [-0.05, 0) is 29.3 Å². The Kier molecular flexibility index (Phi) is 4.53. The van der Waals surface area contributed by atoms with E-state index in [1.54, 1.807) is 22.7 Å². The lowest BCUT2D eigenvalue weighted by atomic mass is 10.1. The molecule has 2 aromatic rings. The summed E-state index contributed by atoms with van der Waals surface area (Å²) in [6.07, 6.45) is 4.63. The zero-order chi connectivity index (χ0) is 14.7. The topological polar surface area (TPSA) is 46.3 Å². The van der Waals surface area contributed by atoms with E-state index in [4.69, 9.17) is 5.73 Å². The minimum Gasteiger partial charge on any atom is -0.332 e. The standard InChI is InChI=1S/C16H18N2OS2/c17-13-6-5-12(9-13)16(19)18(10-14-3-1-7-20-14)11-15-4-2-8-21-15/h1-8,12-13H,9-11,17H2. The highest BCUT2D eigenvalue weighted by Crippen LogP contribution is 2.23. The van der Waals surface area contributed by atoms with Gasteiger partial charge in [-0.15, -0.1) is 22.7 Å². The van der Waals surface area contributed by atoms with Gasteiger partial charge in [0, 0.05) is 15.8 Å². The van der Waals surface area contributed by atoms with E-state index in [9.17, 15) is 4.79 Å². The number of nitrogens with zero attached hydrogens (tertiary/aromatic N) is 1. The third kappa shape index (κ3) is 3.61. The minimum atomic E-state index is -0.0695. The normalized spacial score (nSPS) is 20.8. The zero-order valence-corrected chi connectivity index (χ0v) is 13.3. The van der Waals surface area contributed by atoms with Crippen LogP contribution in [0.3, 0.4) is 0 Å². The van der Waals surface area contributed by atoms with Crippen LogP contribution in [0.25, 0.3) is 0 Å². The molecule has 1 aliphatic rings. The summed E-state index contributed by atoms with van der Waals surface area (Å²) in [5.74, 6) is 0.112. The SMILES string of the molecule is NC1C=CC(C(=O)N(Cc2cccs2)Cc2cccs2)C1. The van der Waals surface area contributed by atoms with E-state index in [2.05, 4.69) is 22.9 Å². The summed E-state index contributed by atoms with van der Waals surface area (Å²) >= 11 is 3.38. The molecule has 110 valence electrons. The molecule has 0 saturated heterocycles. The Morgan fingerprint density at radius 2 is 1.76 bits per heavy atom. The lowest BCUT2D eigenvalue weighted by molar-refractivity contribution is -0.135. The number of hydrogen-bond donors (Lipinski definition) is 1. The maximum atomic E-state index is 12.8. The van der Waals surface area contributed by atoms with Crippen LogP contribution in [0.15, 0.2) is 47.2 Å². The Morgan fingerprint density at radius 1 is 1.14 bits per heavy atom. The van der Waals surface area contributed by atoms with Crippen molar-refractivity contribution in [2.75, 3.05) is 0 Å². The molecule has 1 amide bonds. The molecule has 2 unspecified atom stereocenters. The van der Waals surface area contributed by atoms with Crippen molar-refractivity contribution in [3.05, 3.63) is 56.9 Å². The van der Waals surface area contributed by atoms with Crippen LogP contribution in [0, 0.1) is 5.92 Å². The van der Waals surface area contributed by atoms with Crippen molar-refractivity contribution in [2.45, 2.75) is 25.6 Å². The van der Waals surface area contributed by atoms with E-state index in [-0.39, 0.29) is 17.9 Å². The van der Waals surface area contributed by atoms with E-state index >= 15 is 0 Å². The summed E-state index contributed by atoms with van der Waals surface area (Å²) in [5, 5.41) is 4.10. The van der Waals surface area contributed by atoms with E-state index in [1.807, 2.05) is 29.2 Å². The molecule has 2 aromatic heterocycles. The highest BCUT2D eigenvalue weighted by Gasteiger charge is 2.27. The van der Waals surface area contributed by atoms with Crippen LogP contribution >= 0.6 is 22.7 Å². The Bertz CT molecular complexity index is 568. The van der Waals surface area contributed by atoms with E-state index in [0.717, 1.165) is 6.42 Å². The highest BCUT2D eigenvalue weighted by molar-refractivity contribution is 7.10. The molecule has 0 bridgehead atoms. The van der Waals surface area contributed by atoms with Crippen molar-refractivity contribution in [3.8, 4) is 0 Å². The molecule has 21 heavy (non-hydrogen) atoms. The van der Waals surface area contributed by atoms with Gasteiger partial charge in [-0.2, -0.15) is 0 Å². The lowest BCUT2D eigenvalue weighted by Crippen LogP contribution is -2.34. The average Bonchev–Trinajstić information content (AvgIpc) is 3.19. The molecule has 2 heterocycles. The first-order valence-corrected chi connectivity index (χ1v) is 8.76. The van der Waals surface area contributed by atoms with Gasteiger partial charge in [-0.3, -0.25) is 4.79 Å². The van der Waals surface area contributed by atoms with Crippen molar-refractivity contribution in [1.29, 1.82) is 0 Å². The van der Waals surface area contributed by atoms with E-state index in [1.165, 1.54) is 9.75 Å². The predicted octanol–water partition coefficient (Wildman–Crippen LogP) is 3.24. The molecule has 0 radical (unpaired) electrons. The third-order valence-corrected chi connectivity index (χ3v) is 5.32. The quantitative estimate of drug-likeness (QED) is 0.860. The Balaban J connectivity index is 1.74. The van der Waals surface area contributed by atoms with Crippen molar-refractivity contribution in [2.24, 2.45) is 11.7 Å². The Hall–Kier alpha value is -1.43. The molecule has 0 spiro atoms. The van der Waals surface area contributed by atoms with Crippen LogP contribution in [-0.2, 0) is 17.9 Å². The molecular weight excluding hydrogens is 300 g/mol. The van der Waals surface area contributed by atoms with Gasteiger partial charge < -0.3 is 10.6 Å². The first kappa shape index (κ1) is 14.5. The van der Waals surface area contributed by atoms with Crippen LogP contribution in [0.4, 0.5) is 0 Å². The number of nitrogens with two attached hydrogens (primary N) is 1. The maximum absolute atomic E-state index is 12.8. The molecule has 2 N–H and O–H groups in total. The first-order valence-electron chi connectivity index (χ1n) is 7.00. The zero-order valence-electron chi connectivity index (χ0n) is 11.6. The average molecular weight is 318 g/mol. The second-order valence-electron chi connectivity index (χ2n) is 5.24. The van der Waals surface area contributed by atoms with Crippen molar-refractivity contribution in [1.82, 2.24) is 4.90 Å². The molecule has 5 heteroatoms. The summed E-state index contributed by atoms with van der Waals surface area (Å²) in [6, 6.07) is 8.23. The van der Waals surface area contributed by atoms with Crippen molar-refractivity contribution in [3.63, 3.8) is 0 Å². The fourth-order valence-electron chi connectivity index (χ4n) is 2.54. The second kappa shape index (κ2) is 6.56. The van der Waals surface area contributed by atoms with E-state index < -0.39 is 0 Å². The molecule has 0 aromatic carbocycles. The Morgan fingerprint density at radius 3 is 2.19 bits per heavy atom. The summed E-state index contributed by atoms with van der Waals surface area (Å²) in [7, 11) is 0. The minimum absolute atomic E-state index is 0.0178. The molecule has 0 aliphatic heterocycles. The monoisotopic (exact) mass is 318 g/mol. The number of carbonyl (C=O) groups excluding carboxylic acids is 1. The summed E-state index contributed by atoms with van der Waals surface area (Å²) in [4.78, 5) is 17.1. The van der Waals surface area contributed by atoms with Gasteiger partial charge in [0.15, 0.2) is 0 Å².